The summed E-state index contributed by atoms with van der Waals surface area (Å²) in [5.41, 5.74) is 3.17. The summed E-state index contributed by atoms with van der Waals surface area (Å²) in [5, 5.41) is 2.61. The summed E-state index contributed by atoms with van der Waals surface area (Å²) in [6.45, 7) is 7.33. The van der Waals surface area contributed by atoms with Gasteiger partial charge in [0, 0.05) is 0 Å². The van der Waals surface area contributed by atoms with Gasteiger partial charge in [-0.2, -0.15) is 0 Å². The first-order valence-corrected chi connectivity index (χ1v) is 10.5. The highest BCUT2D eigenvalue weighted by molar-refractivity contribution is 8.26. The number of aryl methyl sites for hydroxylation is 2. The molecule has 0 unspecified atom stereocenters. The fraction of sp³-hybridized carbons (Fsp3) is 0.273. The third kappa shape index (κ3) is 5.98. The Morgan fingerprint density at radius 2 is 1.72 bits per heavy atom. The van der Waals surface area contributed by atoms with Crippen LogP contribution in [0, 0.1) is 13.8 Å². The van der Waals surface area contributed by atoms with Gasteiger partial charge >= 0.3 is 0 Å². The van der Waals surface area contributed by atoms with E-state index in [-0.39, 0.29) is 5.91 Å². The van der Waals surface area contributed by atoms with E-state index < -0.39 is 0 Å². The van der Waals surface area contributed by atoms with Gasteiger partial charge in [0.05, 0.1) is 11.5 Å². The number of thiocarbonyl (C=S) groups is 1. The number of hydrogen-bond donors (Lipinski definition) is 1. The van der Waals surface area contributed by atoms with Crippen LogP contribution in [0.1, 0.15) is 23.6 Å². The molecule has 0 saturated carbocycles. The molecule has 1 amide bonds. The first-order valence-electron chi connectivity index (χ1n) is 9.30. The standard InChI is InChI=1S/C22H23NO4S2/c1-4-25-19-12-16(13-20-21(24)23-22(28)29-20)5-6-18(19)27-8-7-26-17-10-14(2)9-15(3)11-17/h5-6,9-13H,4,7-8H2,1-3H3,(H,23,24,28)/b20-13+. The van der Waals surface area contributed by atoms with Gasteiger partial charge in [-0.3, -0.25) is 4.79 Å². The maximum atomic E-state index is 11.8. The van der Waals surface area contributed by atoms with Crippen LogP contribution in [0.2, 0.25) is 0 Å². The summed E-state index contributed by atoms with van der Waals surface area (Å²) >= 11 is 6.27. The maximum Gasteiger partial charge on any atom is 0.263 e. The largest absolute Gasteiger partial charge is 0.490 e. The van der Waals surface area contributed by atoms with E-state index in [1.165, 1.54) is 22.9 Å². The van der Waals surface area contributed by atoms with Crippen LogP contribution in [0.3, 0.4) is 0 Å². The minimum Gasteiger partial charge on any atom is -0.490 e. The highest BCUT2D eigenvalue weighted by Gasteiger charge is 2.22. The first-order chi connectivity index (χ1) is 13.9. The number of carbonyl (C=O) groups excluding carboxylic acids is 1. The topological polar surface area (TPSA) is 56.8 Å². The first kappa shape index (κ1) is 21.2. The SMILES string of the molecule is CCOc1cc(/C=C2/SC(=S)NC2=O)ccc1OCCOc1cc(C)cc(C)c1. The number of benzene rings is 2. The predicted octanol–water partition coefficient (Wildman–Crippen LogP) is 4.65. The van der Waals surface area contributed by atoms with Crippen molar-refractivity contribution >= 4 is 40.3 Å². The van der Waals surface area contributed by atoms with Crippen molar-refractivity contribution in [3.05, 3.63) is 58.0 Å². The van der Waals surface area contributed by atoms with E-state index in [2.05, 4.69) is 11.4 Å². The van der Waals surface area contributed by atoms with Crippen molar-refractivity contribution in [2.24, 2.45) is 0 Å². The Balaban J connectivity index is 1.63. The second-order valence-electron chi connectivity index (χ2n) is 6.51. The molecule has 29 heavy (non-hydrogen) atoms. The van der Waals surface area contributed by atoms with Gasteiger partial charge in [0.2, 0.25) is 0 Å². The van der Waals surface area contributed by atoms with E-state index >= 15 is 0 Å². The summed E-state index contributed by atoms with van der Waals surface area (Å²) in [6, 6.07) is 11.7. The Morgan fingerprint density at radius 3 is 2.38 bits per heavy atom. The summed E-state index contributed by atoms with van der Waals surface area (Å²) in [4.78, 5) is 12.4. The molecule has 1 saturated heterocycles. The van der Waals surface area contributed by atoms with E-state index in [0.29, 0.717) is 40.5 Å². The monoisotopic (exact) mass is 429 g/mol. The molecule has 0 spiro atoms. The molecule has 1 fully saturated rings. The van der Waals surface area contributed by atoms with Gasteiger partial charge in [-0.25, -0.2) is 0 Å². The molecule has 2 aromatic rings. The van der Waals surface area contributed by atoms with Crippen molar-refractivity contribution in [3.8, 4) is 17.2 Å². The van der Waals surface area contributed by atoms with Crippen molar-refractivity contribution in [2.45, 2.75) is 20.8 Å². The molecular weight excluding hydrogens is 406 g/mol. The average molecular weight is 430 g/mol. The maximum absolute atomic E-state index is 11.8. The molecule has 0 atom stereocenters. The Bertz CT molecular complexity index is 936. The van der Waals surface area contributed by atoms with E-state index in [0.717, 1.165) is 11.3 Å². The van der Waals surface area contributed by atoms with Crippen LogP contribution >= 0.6 is 24.0 Å². The Morgan fingerprint density at radius 1 is 1.00 bits per heavy atom. The van der Waals surface area contributed by atoms with E-state index in [1.807, 2.05) is 51.1 Å². The highest BCUT2D eigenvalue weighted by atomic mass is 32.2. The van der Waals surface area contributed by atoms with Crippen molar-refractivity contribution in [1.29, 1.82) is 0 Å². The van der Waals surface area contributed by atoms with Gasteiger partial charge < -0.3 is 19.5 Å². The van der Waals surface area contributed by atoms with E-state index in [9.17, 15) is 4.79 Å². The van der Waals surface area contributed by atoms with Gasteiger partial charge in [-0.15, -0.1) is 0 Å². The zero-order chi connectivity index (χ0) is 20.8. The summed E-state index contributed by atoms with van der Waals surface area (Å²) < 4.78 is 17.8. The average Bonchev–Trinajstić information content (AvgIpc) is 2.96. The molecule has 3 rings (SSSR count). The minimum absolute atomic E-state index is 0.179. The lowest BCUT2D eigenvalue weighted by atomic mass is 10.1. The van der Waals surface area contributed by atoms with Crippen LogP contribution in [-0.4, -0.2) is 30.0 Å². The van der Waals surface area contributed by atoms with Crippen molar-refractivity contribution in [2.75, 3.05) is 19.8 Å². The van der Waals surface area contributed by atoms with Gasteiger partial charge in [0.15, 0.2) is 11.5 Å². The normalized spacial score (nSPS) is 14.8. The summed E-state index contributed by atoms with van der Waals surface area (Å²) in [5.74, 6) is 1.92. The lowest BCUT2D eigenvalue weighted by Gasteiger charge is -2.13. The third-order valence-corrected chi connectivity index (χ3v) is 5.17. The van der Waals surface area contributed by atoms with Crippen molar-refractivity contribution in [1.82, 2.24) is 5.32 Å². The molecule has 2 aromatic carbocycles. The number of carbonyl (C=O) groups is 1. The number of nitrogens with one attached hydrogen (secondary N) is 1. The zero-order valence-electron chi connectivity index (χ0n) is 16.6. The highest BCUT2D eigenvalue weighted by Crippen LogP contribution is 2.32. The number of thioether (sulfide) groups is 1. The van der Waals surface area contributed by atoms with Crippen LogP contribution in [0.25, 0.3) is 6.08 Å². The second-order valence-corrected chi connectivity index (χ2v) is 8.23. The van der Waals surface area contributed by atoms with Crippen molar-refractivity contribution < 1.29 is 19.0 Å². The molecule has 0 radical (unpaired) electrons. The van der Waals surface area contributed by atoms with Gasteiger partial charge in [0.1, 0.15) is 23.3 Å². The number of rotatable bonds is 8. The molecular formula is C22H23NO4S2. The van der Waals surface area contributed by atoms with E-state index in [1.54, 1.807) is 6.08 Å². The second kappa shape index (κ2) is 9.80. The van der Waals surface area contributed by atoms with Crippen LogP contribution < -0.4 is 19.5 Å². The smallest absolute Gasteiger partial charge is 0.263 e. The molecule has 5 nitrogen and oxygen atoms in total. The number of amides is 1. The van der Waals surface area contributed by atoms with Crippen LogP contribution in [-0.2, 0) is 4.79 Å². The minimum atomic E-state index is -0.179. The summed E-state index contributed by atoms with van der Waals surface area (Å²) in [7, 11) is 0. The molecule has 1 N–H and O–H groups in total. The molecule has 0 aliphatic carbocycles. The Hall–Kier alpha value is -2.51. The van der Waals surface area contributed by atoms with Crippen LogP contribution in [0.5, 0.6) is 17.2 Å². The third-order valence-electron chi connectivity index (χ3n) is 4.01. The number of ether oxygens (including phenoxy) is 3. The molecule has 7 heteroatoms. The molecule has 0 aromatic heterocycles. The lowest BCUT2D eigenvalue weighted by molar-refractivity contribution is -0.115. The molecule has 1 heterocycles. The lowest BCUT2D eigenvalue weighted by Crippen LogP contribution is -2.17. The van der Waals surface area contributed by atoms with Crippen LogP contribution in [0.4, 0.5) is 0 Å². The molecule has 152 valence electrons. The fourth-order valence-corrected chi connectivity index (χ4v) is 3.95. The quantitative estimate of drug-likeness (QED) is 0.375. The zero-order valence-corrected chi connectivity index (χ0v) is 18.2. The van der Waals surface area contributed by atoms with Gasteiger partial charge in [-0.1, -0.05) is 36.1 Å². The van der Waals surface area contributed by atoms with Crippen LogP contribution in [0.15, 0.2) is 41.3 Å². The Kier molecular flexibility index (Phi) is 7.17. The molecule has 0 bridgehead atoms. The predicted molar refractivity (Wildman–Crippen MR) is 121 cm³/mol. The molecule has 1 aliphatic rings. The van der Waals surface area contributed by atoms with E-state index in [4.69, 9.17) is 26.4 Å². The fourth-order valence-electron chi connectivity index (χ4n) is 2.90. The molecule has 1 aliphatic heterocycles. The Labute approximate surface area is 180 Å². The van der Waals surface area contributed by atoms with Crippen molar-refractivity contribution in [3.63, 3.8) is 0 Å². The summed E-state index contributed by atoms with van der Waals surface area (Å²) in [6.07, 6.45) is 1.79. The van der Waals surface area contributed by atoms with Gasteiger partial charge in [0.25, 0.3) is 5.91 Å². The number of hydrogen-bond acceptors (Lipinski definition) is 6. The van der Waals surface area contributed by atoms with Gasteiger partial charge in [-0.05, 0) is 67.8 Å².